The van der Waals surface area contributed by atoms with Crippen LogP contribution in [0, 0.1) is 13.8 Å². The summed E-state index contributed by atoms with van der Waals surface area (Å²) < 4.78 is 7.22. The van der Waals surface area contributed by atoms with Crippen molar-refractivity contribution in [1.29, 1.82) is 0 Å². The van der Waals surface area contributed by atoms with Gasteiger partial charge in [0, 0.05) is 18.3 Å². The average Bonchev–Trinajstić information content (AvgIpc) is 2.92. The van der Waals surface area contributed by atoms with E-state index < -0.39 is 0 Å². The molecule has 5 heteroatoms. The molecule has 0 fully saturated rings. The number of aromatic nitrogens is 3. The maximum atomic E-state index is 5.16. The Hall–Kier alpha value is -1.62. The highest BCUT2D eigenvalue weighted by Gasteiger charge is 2.09. The van der Waals surface area contributed by atoms with E-state index in [0.717, 1.165) is 48.8 Å². The van der Waals surface area contributed by atoms with Crippen molar-refractivity contribution in [3.8, 4) is 0 Å². The molecule has 2 heterocycles. The second-order valence-corrected chi connectivity index (χ2v) is 4.52. The quantitative estimate of drug-likeness (QED) is 0.795. The molecule has 2 rings (SSSR count). The highest BCUT2D eigenvalue weighted by atomic mass is 16.5. The second kappa shape index (κ2) is 5.82. The fourth-order valence-electron chi connectivity index (χ4n) is 1.89. The Labute approximate surface area is 107 Å². The van der Waals surface area contributed by atoms with Crippen LogP contribution in [-0.2, 0) is 13.1 Å². The molecule has 0 spiro atoms. The van der Waals surface area contributed by atoms with Crippen molar-refractivity contribution in [2.24, 2.45) is 0 Å². The normalized spacial score (nSPS) is 11.1. The van der Waals surface area contributed by atoms with Gasteiger partial charge in [-0.05, 0) is 26.8 Å². The van der Waals surface area contributed by atoms with Gasteiger partial charge in [0.05, 0.1) is 24.3 Å². The molecule has 2 aromatic heterocycles. The van der Waals surface area contributed by atoms with Gasteiger partial charge < -0.3 is 14.4 Å². The van der Waals surface area contributed by atoms with E-state index in [9.17, 15) is 0 Å². The number of imidazole rings is 1. The van der Waals surface area contributed by atoms with Crippen LogP contribution in [0.15, 0.2) is 17.0 Å². The highest BCUT2D eigenvalue weighted by Crippen LogP contribution is 2.14. The summed E-state index contributed by atoms with van der Waals surface area (Å²) >= 11 is 0. The van der Waals surface area contributed by atoms with Crippen LogP contribution in [0.3, 0.4) is 0 Å². The molecule has 1 N–H and O–H groups in total. The zero-order valence-corrected chi connectivity index (χ0v) is 11.2. The number of rotatable bonds is 6. The summed E-state index contributed by atoms with van der Waals surface area (Å²) in [6.07, 6.45) is 5.06. The minimum atomic E-state index is 0.766. The van der Waals surface area contributed by atoms with E-state index in [-0.39, 0.29) is 0 Å². The summed E-state index contributed by atoms with van der Waals surface area (Å²) in [5.74, 6) is 0.881. The number of hydrogen-bond acceptors (Lipinski definition) is 4. The molecule has 0 amide bonds. The Kier molecular flexibility index (Phi) is 4.15. The summed E-state index contributed by atoms with van der Waals surface area (Å²) in [6.45, 7) is 8.67. The van der Waals surface area contributed by atoms with Gasteiger partial charge in [0.25, 0.3) is 0 Å². The molecule has 0 aliphatic heterocycles. The average molecular weight is 248 g/mol. The predicted octanol–water partition coefficient (Wildman–Crippen LogP) is 2.04. The SMILES string of the molecule is CCCNCc1cn(Cc2c(C)noc2C)cn1. The molecule has 18 heavy (non-hydrogen) atoms. The number of nitrogens with zero attached hydrogens (tertiary/aromatic N) is 3. The summed E-state index contributed by atoms with van der Waals surface area (Å²) in [4.78, 5) is 4.38. The maximum absolute atomic E-state index is 5.16. The van der Waals surface area contributed by atoms with Crippen LogP contribution < -0.4 is 5.32 Å². The number of hydrogen-bond donors (Lipinski definition) is 1. The molecule has 0 saturated heterocycles. The van der Waals surface area contributed by atoms with Crippen LogP contribution in [0.5, 0.6) is 0 Å². The summed E-state index contributed by atoms with van der Waals surface area (Å²) in [5.41, 5.74) is 3.16. The van der Waals surface area contributed by atoms with Gasteiger partial charge in [0.15, 0.2) is 0 Å². The molecule has 0 radical (unpaired) electrons. The summed E-state index contributed by atoms with van der Waals surface area (Å²) in [5, 5.41) is 7.30. The van der Waals surface area contributed by atoms with Crippen LogP contribution in [0.2, 0.25) is 0 Å². The largest absolute Gasteiger partial charge is 0.361 e. The zero-order chi connectivity index (χ0) is 13.0. The van der Waals surface area contributed by atoms with Crippen molar-refractivity contribution in [3.05, 3.63) is 35.2 Å². The summed E-state index contributed by atoms with van der Waals surface area (Å²) in [6, 6.07) is 0. The lowest BCUT2D eigenvalue weighted by molar-refractivity contribution is 0.392. The minimum absolute atomic E-state index is 0.766. The van der Waals surface area contributed by atoms with Crippen LogP contribution in [0.4, 0.5) is 0 Å². The zero-order valence-electron chi connectivity index (χ0n) is 11.2. The first kappa shape index (κ1) is 12.8. The van der Waals surface area contributed by atoms with Crippen molar-refractivity contribution in [2.45, 2.75) is 40.3 Å². The van der Waals surface area contributed by atoms with Crippen molar-refractivity contribution in [1.82, 2.24) is 20.0 Å². The molecule has 98 valence electrons. The topological polar surface area (TPSA) is 55.9 Å². The van der Waals surface area contributed by atoms with Gasteiger partial charge in [-0.25, -0.2) is 4.98 Å². The van der Waals surface area contributed by atoms with Crippen LogP contribution in [0.1, 0.15) is 36.1 Å². The van der Waals surface area contributed by atoms with Gasteiger partial charge in [-0.15, -0.1) is 0 Å². The van der Waals surface area contributed by atoms with Crippen molar-refractivity contribution < 1.29 is 4.52 Å². The molecule has 0 unspecified atom stereocenters. The van der Waals surface area contributed by atoms with E-state index in [4.69, 9.17) is 4.52 Å². The molecule has 5 nitrogen and oxygen atoms in total. The minimum Gasteiger partial charge on any atom is -0.361 e. The van der Waals surface area contributed by atoms with Crippen molar-refractivity contribution >= 4 is 0 Å². The van der Waals surface area contributed by atoms with Crippen LogP contribution in [-0.4, -0.2) is 21.3 Å². The third-order valence-electron chi connectivity index (χ3n) is 2.94. The molecule has 0 bridgehead atoms. The lowest BCUT2D eigenvalue weighted by Crippen LogP contribution is -2.13. The predicted molar refractivity (Wildman–Crippen MR) is 69.3 cm³/mol. The van der Waals surface area contributed by atoms with Gasteiger partial charge in [-0.2, -0.15) is 0 Å². The molecule has 2 aromatic rings. The van der Waals surface area contributed by atoms with E-state index in [1.54, 1.807) is 0 Å². The molecule has 0 saturated carbocycles. The van der Waals surface area contributed by atoms with E-state index >= 15 is 0 Å². The third-order valence-corrected chi connectivity index (χ3v) is 2.94. The molecule has 0 aromatic carbocycles. The smallest absolute Gasteiger partial charge is 0.138 e. The Morgan fingerprint density at radius 3 is 2.89 bits per heavy atom. The Morgan fingerprint density at radius 1 is 1.39 bits per heavy atom. The fraction of sp³-hybridized carbons (Fsp3) is 0.538. The standard InChI is InChI=1S/C13H20N4O/c1-4-5-14-6-12-7-17(9-15-12)8-13-10(2)16-18-11(13)3/h7,9,14H,4-6,8H2,1-3H3. The number of aryl methyl sites for hydroxylation is 2. The van der Waals surface area contributed by atoms with Gasteiger partial charge >= 0.3 is 0 Å². The van der Waals surface area contributed by atoms with Gasteiger partial charge in [-0.1, -0.05) is 12.1 Å². The van der Waals surface area contributed by atoms with Crippen molar-refractivity contribution in [3.63, 3.8) is 0 Å². The van der Waals surface area contributed by atoms with Gasteiger partial charge in [-0.3, -0.25) is 0 Å². The lowest BCUT2D eigenvalue weighted by Gasteiger charge is -2.01. The lowest BCUT2D eigenvalue weighted by atomic mass is 10.2. The molecular formula is C13H20N4O. The first-order valence-corrected chi connectivity index (χ1v) is 6.33. The monoisotopic (exact) mass is 248 g/mol. The van der Waals surface area contributed by atoms with Crippen LogP contribution >= 0.6 is 0 Å². The number of nitrogens with one attached hydrogen (secondary N) is 1. The van der Waals surface area contributed by atoms with Gasteiger partial charge in [0.2, 0.25) is 0 Å². The first-order valence-electron chi connectivity index (χ1n) is 6.33. The van der Waals surface area contributed by atoms with Crippen LogP contribution in [0.25, 0.3) is 0 Å². The summed E-state index contributed by atoms with van der Waals surface area (Å²) in [7, 11) is 0. The van der Waals surface area contributed by atoms with E-state index in [2.05, 4.69) is 33.1 Å². The molecule has 0 atom stereocenters. The van der Waals surface area contributed by atoms with E-state index in [0.29, 0.717) is 0 Å². The van der Waals surface area contributed by atoms with E-state index in [1.807, 2.05) is 20.2 Å². The third kappa shape index (κ3) is 2.98. The molecule has 0 aliphatic rings. The fourth-order valence-corrected chi connectivity index (χ4v) is 1.89. The Morgan fingerprint density at radius 2 is 2.22 bits per heavy atom. The second-order valence-electron chi connectivity index (χ2n) is 4.52. The molecule has 0 aliphatic carbocycles. The van der Waals surface area contributed by atoms with Crippen molar-refractivity contribution in [2.75, 3.05) is 6.54 Å². The first-order chi connectivity index (χ1) is 8.70. The Balaban J connectivity index is 1.98. The Bertz CT molecular complexity index is 481. The maximum Gasteiger partial charge on any atom is 0.138 e. The highest BCUT2D eigenvalue weighted by molar-refractivity contribution is 5.21. The van der Waals surface area contributed by atoms with Gasteiger partial charge in [0.1, 0.15) is 5.76 Å². The van der Waals surface area contributed by atoms with E-state index in [1.165, 1.54) is 0 Å². The molecular weight excluding hydrogens is 228 g/mol.